The fourth-order valence-corrected chi connectivity index (χ4v) is 5.13. The molecule has 0 bridgehead atoms. The Morgan fingerprint density at radius 3 is 2.44 bits per heavy atom. The van der Waals surface area contributed by atoms with Crippen molar-refractivity contribution >= 4 is 37.5 Å². The maximum absolute atomic E-state index is 13.0. The van der Waals surface area contributed by atoms with E-state index in [9.17, 15) is 26.9 Å². The maximum atomic E-state index is 13.0. The van der Waals surface area contributed by atoms with Gasteiger partial charge in [-0.2, -0.15) is 18.4 Å². The van der Waals surface area contributed by atoms with Crippen LogP contribution in [-0.2, 0) is 22.6 Å². The van der Waals surface area contributed by atoms with Crippen LogP contribution in [-0.4, -0.2) is 34.9 Å². The van der Waals surface area contributed by atoms with E-state index in [1.807, 2.05) is 12.1 Å². The largest absolute Gasteiger partial charge is 0.416 e. The van der Waals surface area contributed by atoms with Crippen molar-refractivity contribution in [1.29, 1.82) is 5.26 Å². The Balaban J connectivity index is 0.000000328. The molecule has 14 heteroatoms. The molecule has 0 fully saturated rings. The number of thiazole rings is 1. The van der Waals surface area contributed by atoms with E-state index in [0.717, 1.165) is 24.1 Å². The minimum atomic E-state index is -4.45. The van der Waals surface area contributed by atoms with Crippen molar-refractivity contribution in [2.24, 2.45) is 5.14 Å². The van der Waals surface area contributed by atoms with Gasteiger partial charge >= 0.3 is 6.18 Å². The van der Waals surface area contributed by atoms with Gasteiger partial charge < -0.3 is 5.32 Å². The first-order valence-corrected chi connectivity index (χ1v) is 14.3. The van der Waals surface area contributed by atoms with E-state index in [1.165, 1.54) is 35.7 Å². The summed E-state index contributed by atoms with van der Waals surface area (Å²) >= 11 is 1.18. The molecule has 3 aromatic heterocycles. The Morgan fingerprint density at radius 2 is 1.80 bits per heavy atom. The molecule has 0 aliphatic carbocycles. The highest BCUT2D eigenvalue weighted by molar-refractivity contribution is 7.89. The second kappa shape index (κ2) is 12.8. The molecule has 210 valence electrons. The first-order chi connectivity index (χ1) is 19.5. The summed E-state index contributed by atoms with van der Waals surface area (Å²) in [6.07, 6.45) is 1.30. The number of nitrogens with zero attached hydrogens (tertiary/aromatic N) is 5. The van der Waals surface area contributed by atoms with Gasteiger partial charge in [0.25, 0.3) is 0 Å². The molecular weight excluding hydrogens is 575 g/mol. The molecule has 0 aliphatic heterocycles. The number of halogens is 3. The summed E-state index contributed by atoms with van der Waals surface area (Å²) in [4.78, 5) is 17.1. The van der Waals surface area contributed by atoms with Crippen LogP contribution in [0, 0.1) is 11.3 Å². The topological polar surface area (TPSA) is 148 Å². The number of anilines is 1. The molecule has 0 aliphatic rings. The summed E-state index contributed by atoms with van der Waals surface area (Å²) in [6.45, 7) is 0.577. The van der Waals surface area contributed by atoms with Gasteiger partial charge in [0.1, 0.15) is 10.9 Å². The van der Waals surface area contributed by atoms with Crippen LogP contribution in [0.3, 0.4) is 0 Å². The molecule has 0 saturated heterocycles. The smallest absolute Gasteiger partial charge is 0.354 e. The highest BCUT2D eigenvalue weighted by Gasteiger charge is 2.31. The molecule has 41 heavy (non-hydrogen) atoms. The van der Waals surface area contributed by atoms with Gasteiger partial charge in [-0.15, -0.1) is 11.3 Å². The van der Waals surface area contributed by atoms with Crippen LogP contribution in [0.1, 0.15) is 27.7 Å². The van der Waals surface area contributed by atoms with Crippen molar-refractivity contribution in [1.82, 2.24) is 19.9 Å². The van der Waals surface area contributed by atoms with Crippen LogP contribution in [0.5, 0.6) is 0 Å². The standard InChI is InChI=1S/C21H15F3N6S.C6H7NO2S/c22-21(23,24)14-3-4-18-17(10-14)29-19(31-18)15(11-25)16-6-9-28-20(30-16)27-8-5-13-2-1-7-26-12-13;7-10(8,9)6-4-2-1-3-5-6/h1-4,6-7,9-10,12,15H,5,8H2,(H,27,28,30);1-5H,(H2,7,8,9). The summed E-state index contributed by atoms with van der Waals surface area (Å²) in [7, 11) is -3.50. The molecule has 3 N–H and O–H groups in total. The van der Waals surface area contributed by atoms with Gasteiger partial charge in [-0.05, 0) is 54.4 Å². The fourth-order valence-electron chi connectivity index (χ4n) is 3.59. The lowest BCUT2D eigenvalue weighted by Gasteiger charge is -2.08. The third-order valence-electron chi connectivity index (χ3n) is 5.57. The van der Waals surface area contributed by atoms with Crippen LogP contribution < -0.4 is 10.5 Å². The van der Waals surface area contributed by atoms with E-state index in [1.54, 1.807) is 36.7 Å². The molecule has 5 aromatic rings. The Labute approximate surface area is 237 Å². The van der Waals surface area contributed by atoms with Gasteiger partial charge in [-0.1, -0.05) is 24.3 Å². The molecule has 1 atom stereocenters. The number of nitrogens with one attached hydrogen (secondary N) is 1. The normalized spacial score (nSPS) is 12.2. The van der Waals surface area contributed by atoms with Gasteiger partial charge in [0.2, 0.25) is 16.0 Å². The van der Waals surface area contributed by atoms with E-state index in [-0.39, 0.29) is 10.4 Å². The van der Waals surface area contributed by atoms with Gasteiger partial charge in [0, 0.05) is 25.1 Å². The highest BCUT2D eigenvalue weighted by atomic mass is 32.2. The number of aromatic nitrogens is 4. The minimum Gasteiger partial charge on any atom is -0.354 e. The van der Waals surface area contributed by atoms with Crippen molar-refractivity contribution in [3.63, 3.8) is 0 Å². The van der Waals surface area contributed by atoms with Gasteiger partial charge in [0.15, 0.2) is 0 Å². The van der Waals surface area contributed by atoms with Crippen molar-refractivity contribution < 1.29 is 21.6 Å². The second-order valence-electron chi connectivity index (χ2n) is 8.50. The van der Waals surface area contributed by atoms with E-state index in [0.29, 0.717) is 27.9 Å². The summed E-state index contributed by atoms with van der Waals surface area (Å²) < 4.78 is 60.7. The summed E-state index contributed by atoms with van der Waals surface area (Å²) in [5.74, 6) is -0.448. The Kier molecular flexibility index (Phi) is 9.23. The average Bonchev–Trinajstić information content (AvgIpc) is 3.37. The molecule has 0 amide bonds. The number of hydrogen-bond acceptors (Lipinski definition) is 9. The molecule has 1 unspecified atom stereocenters. The number of hydrogen-bond donors (Lipinski definition) is 2. The lowest BCUT2D eigenvalue weighted by Crippen LogP contribution is -2.11. The van der Waals surface area contributed by atoms with Crippen LogP contribution in [0.4, 0.5) is 19.1 Å². The molecule has 3 heterocycles. The van der Waals surface area contributed by atoms with Crippen LogP contribution >= 0.6 is 11.3 Å². The lowest BCUT2D eigenvalue weighted by atomic mass is 10.1. The van der Waals surface area contributed by atoms with Crippen molar-refractivity contribution in [3.05, 3.63) is 107 Å². The number of primary sulfonamides is 1. The minimum absolute atomic E-state index is 0.148. The Morgan fingerprint density at radius 1 is 1.02 bits per heavy atom. The molecular formula is C27H22F3N7O2S2. The predicted octanol–water partition coefficient (Wildman–Crippen LogP) is 5.14. The van der Waals surface area contributed by atoms with Gasteiger partial charge in [-0.25, -0.2) is 28.5 Å². The number of rotatable bonds is 7. The van der Waals surface area contributed by atoms with Gasteiger partial charge in [-0.3, -0.25) is 4.98 Å². The quantitative estimate of drug-likeness (QED) is 0.262. The number of nitriles is 1. The van der Waals surface area contributed by atoms with Crippen LogP contribution in [0.15, 0.2) is 90.2 Å². The first kappa shape index (κ1) is 29.5. The SMILES string of the molecule is N#CC(c1ccnc(NCCc2cccnc2)n1)c1nc2cc(C(F)(F)F)ccc2s1.NS(=O)(=O)c1ccccc1. The Hall–Kier alpha value is -4.45. The molecule has 5 rings (SSSR count). The zero-order chi connectivity index (χ0) is 29.5. The van der Waals surface area contributed by atoms with Crippen LogP contribution in [0.2, 0.25) is 0 Å². The number of alkyl halides is 3. The third-order valence-corrected chi connectivity index (χ3v) is 7.60. The third kappa shape index (κ3) is 8.04. The molecule has 9 nitrogen and oxygen atoms in total. The highest BCUT2D eigenvalue weighted by Crippen LogP contribution is 2.35. The van der Waals surface area contributed by atoms with E-state index < -0.39 is 27.7 Å². The molecule has 0 spiro atoms. The maximum Gasteiger partial charge on any atom is 0.416 e. The Bertz CT molecular complexity index is 1760. The van der Waals surface area contributed by atoms with Crippen LogP contribution in [0.25, 0.3) is 10.2 Å². The van der Waals surface area contributed by atoms with Crippen molar-refractivity contribution in [3.8, 4) is 6.07 Å². The lowest BCUT2D eigenvalue weighted by molar-refractivity contribution is -0.137. The molecule has 2 aromatic carbocycles. The zero-order valence-corrected chi connectivity index (χ0v) is 22.8. The van der Waals surface area contributed by atoms with E-state index in [2.05, 4.69) is 31.3 Å². The van der Waals surface area contributed by atoms with E-state index in [4.69, 9.17) is 5.14 Å². The number of pyridine rings is 1. The van der Waals surface area contributed by atoms with Gasteiger partial charge in [0.05, 0.1) is 32.4 Å². The zero-order valence-electron chi connectivity index (χ0n) is 21.2. The molecule has 0 radical (unpaired) electrons. The second-order valence-corrected chi connectivity index (χ2v) is 11.1. The number of benzene rings is 2. The monoisotopic (exact) mass is 597 g/mol. The number of sulfonamides is 1. The molecule has 0 saturated carbocycles. The summed E-state index contributed by atoms with van der Waals surface area (Å²) in [5.41, 5.74) is 0.927. The van der Waals surface area contributed by atoms with Crippen molar-refractivity contribution in [2.45, 2.75) is 23.4 Å². The average molecular weight is 598 g/mol. The predicted molar refractivity (Wildman–Crippen MR) is 148 cm³/mol. The first-order valence-electron chi connectivity index (χ1n) is 12.0. The number of fused-ring (bicyclic) bond motifs is 1. The van der Waals surface area contributed by atoms with E-state index >= 15 is 0 Å². The fraction of sp³-hybridized carbons (Fsp3) is 0.148. The van der Waals surface area contributed by atoms with Crippen molar-refractivity contribution in [2.75, 3.05) is 11.9 Å². The number of nitrogens with two attached hydrogens (primary N) is 1. The summed E-state index contributed by atoms with van der Waals surface area (Å²) in [5, 5.41) is 18.0. The summed E-state index contributed by atoms with van der Waals surface area (Å²) in [6, 6.07) is 18.9.